The molecule has 0 radical (unpaired) electrons. The van der Waals surface area contributed by atoms with Crippen molar-refractivity contribution < 1.29 is 13.7 Å². The molecule has 1 aliphatic rings. The third-order valence-corrected chi connectivity index (χ3v) is 7.54. The highest BCUT2D eigenvalue weighted by atomic mass is 19.1. The second kappa shape index (κ2) is 10.9. The highest BCUT2D eigenvalue weighted by Crippen LogP contribution is 2.32. The number of halogens is 1. The Labute approximate surface area is 237 Å². The van der Waals surface area contributed by atoms with E-state index in [0.29, 0.717) is 34.2 Å². The van der Waals surface area contributed by atoms with Gasteiger partial charge in [-0.3, -0.25) is 9.89 Å². The van der Waals surface area contributed by atoms with Crippen LogP contribution >= 0.6 is 0 Å². The molecular formula is C31H32FN7O2. The molecule has 10 heteroatoms. The molecule has 0 saturated carbocycles. The van der Waals surface area contributed by atoms with Crippen molar-refractivity contribution in [2.45, 2.75) is 51.5 Å². The monoisotopic (exact) mass is 553 g/mol. The Morgan fingerprint density at radius 3 is 2.51 bits per heavy atom. The van der Waals surface area contributed by atoms with Crippen LogP contribution < -0.4 is 10.6 Å². The summed E-state index contributed by atoms with van der Waals surface area (Å²) < 4.78 is 20.2. The molecule has 2 aromatic carbocycles. The zero-order valence-electron chi connectivity index (χ0n) is 23.3. The van der Waals surface area contributed by atoms with Crippen molar-refractivity contribution in [3.63, 3.8) is 0 Å². The van der Waals surface area contributed by atoms with Crippen molar-refractivity contribution in [1.82, 2.24) is 36.0 Å². The number of carbonyl (C=O) groups excluding carboxylic acids is 1. The van der Waals surface area contributed by atoms with E-state index in [1.807, 2.05) is 33.0 Å². The van der Waals surface area contributed by atoms with E-state index in [1.54, 1.807) is 12.1 Å². The summed E-state index contributed by atoms with van der Waals surface area (Å²) in [5.74, 6) is -0.142. The molecule has 1 amide bonds. The number of benzene rings is 2. The fourth-order valence-electron chi connectivity index (χ4n) is 5.10. The molecule has 6 rings (SSSR count). The van der Waals surface area contributed by atoms with Gasteiger partial charge in [0.15, 0.2) is 11.5 Å². The number of carbonyl (C=O) groups is 1. The van der Waals surface area contributed by atoms with Gasteiger partial charge in [0.2, 0.25) is 0 Å². The third-order valence-electron chi connectivity index (χ3n) is 7.54. The predicted molar refractivity (Wildman–Crippen MR) is 154 cm³/mol. The van der Waals surface area contributed by atoms with Gasteiger partial charge in [0, 0.05) is 40.2 Å². The summed E-state index contributed by atoms with van der Waals surface area (Å²) in [6, 6.07) is 15.6. The van der Waals surface area contributed by atoms with Crippen molar-refractivity contribution in [3.05, 3.63) is 83.4 Å². The Balaban J connectivity index is 1.18. The van der Waals surface area contributed by atoms with Crippen LogP contribution in [0.5, 0.6) is 0 Å². The number of nitrogens with zero attached hydrogens (tertiary/aromatic N) is 4. The Bertz CT molecular complexity index is 1700. The molecule has 0 aliphatic carbocycles. The number of piperidine rings is 1. The number of fused-ring (bicyclic) bond motifs is 1. The van der Waals surface area contributed by atoms with Crippen molar-refractivity contribution >= 4 is 16.9 Å². The molecule has 9 nitrogen and oxygen atoms in total. The van der Waals surface area contributed by atoms with E-state index in [9.17, 15) is 4.79 Å². The van der Waals surface area contributed by atoms with Crippen LogP contribution in [0.2, 0.25) is 0 Å². The molecular weight excluding hydrogens is 521 g/mol. The molecule has 5 aromatic rings. The Morgan fingerprint density at radius 1 is 1.05 bits per heavy atom. The van der Waals surface area contributed by atoms with E-state index in [-0.39, 0.29) is 17.9 Å². The van der Waals surface area contributed by atoms with E-state index in [0.717, 1.165) is 42.4 Å². The first-order chi connectivity index (χ1) is 19.8. The Kier molecular flexibility index (Phi) is 7.08. The lowest BCUT2D eigenvalue weighted by molar-refractivity contribution is 0.0906. The first kappa shape index (κ1) is 26.8. The number of aromatic amines is 1. The van der Waals surface area contributed by atoms with Gasteiger partial charge < -0.3 is 15.2 Å². The number of aromatic nitrogens is 5. The molecule has 3 N–H and O–H groups in total. The maximum Gasteiger partial charge on any atom is 0.315 e. The number of hydrogen-bond acceptors (Lipinski definition) is 7. The average Bonchev–Trinajstić information content (AvgIpc) is 3.65. The summed E-state index contributed by atoms with van der Waals surface area (Å²) in [4.78, 5) is 21.1. The number of rotatable bonds is 6. The average molecular weight is 554 g/mol. The van der Waals surface area contributed by atoms with Gasteiger partial charge in [-0.1, -0.05) is 62.3 Å². The maximum absolute atomic E-state index is 15.1. The summed E-state index contributed by atoms with van der Waals surface area (Å²) in [5, 5.41) is 18.1. The minimum atomic E-state index is -0.557. The van der Waals surface area contributed by atoms with Gasteiger partial charge >= 0.3 is 11.8 Å². The van der Waals surface area contributed by atoms with Gasteiger partial charge in [0.05, 0.1) is 5.69 Å². The molecule has 0 spiro atoms. The van der Waals surface area contributed by atoms with Gasteiger partial charge in [-0.25, -0.2) is 9.37 Å². The highest BCUT2D eigenvalue weighted by molar-refractivity contribution is 5.93. The quantitative estimate of drug-likeness (QED) is 0.254. The van der Waals surface area contributed by atoms with Crippen LogP contribution in [-0.4, -0.2) is 44.3 Å². The van der Waals surface area contributed by atoms with Crippen LogP contribution in [0.3, 0.4) is 0 Å². The summed E-state index contributed by atoms with van der Waals surface area (Å²) in [7, 11) is 0. The van der Waals surface area contributed by atoms with Gasteiger partial charge in [0.1, 0.15) is 5.82 Å². The Hall–Kier alpha value is -4.44. The van der Waals surface area contributed by atoms with Crippen molar-refractivity contribution in [2.24, 2.45) is 0 Å². The Morgan fingerprint density at radius 2 is 1.80 bits per heavy atom. The lowest BCUT2D eigenvalue weighted by Gasteiger charge is -2.23. The minimum absolute atomic E-state index is 0.0268. The number of pyridine rings is 1. The number of H-pyrrole nitrogens is 1. The SMILES string of the molecule is CC(C)(C)c1noc(C(=O)NCc2ccc(-c3[nH]nc4ncc(-c5ccc(C6CCNCC6)cc5)cc34)cc2F)n1. The van der Waals surface area contributed by atoms with Gasteiger partial charge in [-0.2, -0.15) is 10.1 Å². The fraction of sp³-hybridized carbons (Fsp3) is 0.323. The smallest absolute Gasteiger partial charge is 0.315 e. The van der Waals surface area contributed by atoms with E-state index in [4.69, 9.17) is 4.52 Å². The number of nitrogens with one attached hydrogen (secondary N) is 3. The largest absolute Gasteiger partial charge is 0.344 e. The number of hydrogen-bond donors (Lipinski definition) is 3. The molecule has 0 atom stereocenters. The minimum Gasteiger partial charge on any atom is -0.344 e. The van der Waals surface area contributed by atoms with E-state index < -0.39 is 11.7 Å². The zero-order valence-corrected chi connectivity index (χ0v) is 23.3. The molecule has 41 heavy (non-hydrogen) atoms. The van der Waals surface area contributed by atoms with Gasteiger partial charge in [-0.05, 0) is 55.1 Å². The first-order valence-electron chi connectivity index (χ1n) is 13.8. The molecule has 0 bridgehead atoms. The van der Waals surface area contributed by atoms with Crippen molar-refractivity contribution in [3.8, 4) is 22.4 Å². The molecule has 1 saturated heterocycles. The lowest BCUT2D eigenvalue weighted by atomic mass is 9.89. The molecule has 3 aromatic heterocycles. The summed E-state index contributed by atoms with van der Waals surface area (Å²) in [6.07, 6.45) is 4.13. The summed E-state index contributed by atoms with van der Waals surface area (Å²) in [5.41, 5.74) is 5.24. The van der Waals surface area contributed by atoms with Crippen LogP contribution in [0.15, 0.2) is 59.3 Å². The topological polar surface area (TPSA) is 122 Å². The molecule has 0 unspecified atom stereocenters. The summed E-state index contributed by atoms with van der Waals surface area (Å²) >= 11 is 0. The van der Waals surface area contributed by atoms with E-state index in [2.05, 4.69) is 60.2 Å². The third kappa shape index (κ3) is 5.60. The van der Waals surface area contributed by atoms with Crippen LogP contribution in [0.1, 0.15) is 67.2 Å². The highest BCUT2D eigenvalue weighted by Gasteiger charge is 2.24. The first-order valence-corrected chi connectivity index (χ1v) is 13.8. The van der Waals surface area contributed by atoms with Gasteiger partial charge in [-0.15, -0.1) is 0 Å². The van der Waals surface area contributed by atoms with E-state index >= 15 is 4.39 Å². The number of amides is 1. The zero-order chi connectivity index (χ0) is 28.6. The van der Waals surface area contributed by atoms with Crippen LogP contribution in [0.25, 0.3) is 33.4 Å². The van der Waals surface area contributed by atoms with Crippen molar-refractivity contribution in [2.75, 3.05) is 13.1 Å². The lowest BCUT2D eigenvalue weighted by Crippen LogP contribution is -2.26. The summed E-state index contributed by atoms with van der Waals surface area (Å²) in [6.45, 7) is 7.85. The van der Waals surface area contributed by atoms with E-state index in [1.165, 1.54) is 11.6 Å². The van der Waals surface area contributed by atoms with Crippen LogP contribution in [0.4, 0.5) is 4.39 Å². The van der Waals surface area contributed by atoms with Crippen LogP contribution in [0, 0.1) is 5.82 Å². The standard InChI is InChI=1S/C31H32FN7O2/c1-31(2,3)30-36-29(41-39-30)28(40)35-16-22-9-8-21(15-25(22)32)26-24-14-23(17-34-27(24)38-37-26)19-6-4-18(5-7-19)20-10-12-33-13-11-20/h4-9,14-15,17,20,33H,10-13,16H2,1-3H3,(H,35,40)(H,34,37,38). The molecule has 1 aliphatic heterocycles. The normalized spacial score (nSPS) is 14.4. The second-order valence-electron chi connectivity index (χ2n) is 11.5. The van der Waals surface area contributed by atoms with Gasteiger partial charge in [0.25, 0.3) is 0 Å². The molecule has 1 fully saturated rings. The molecule has 4 heterocycles. The van der Waals surface area contributed by atoms with Crippen molar-refractivity contribution in [1.29, 1.82) is 0 Å². The maximum atomic E-state index is 15.1. The second-order valence-corrected chi connectivity index (χ2v) is 11.5. The fourth-order valence-corrected chi connectivity index (χ4v) is 5.10. The molecule has 210 valence electrons. The predicted octanol–water partition coefficient (Wildman–Crippen LogP) is 5.51. The van der Waals surface area contributed by atoms with Crippen LogP contribution in [-0.2, 0) is 12.0 Å².